The largest absolute Gasteiger partial charge is 0.487 e. The van der Waals surface area contributed by atoms with Crippen LogP contribution in [-0.4, -0.2) is 19.8 Å². The Hall–Kier alpha value is -1.26. The van der Waals surface area contributed by atoms with Gasteiger partial charge in [-0.25, -0.2) is 0 Å². The number of ether oxygens (including phenoxy) is 2. The lowest BCUT2D eigenvalue weighted by Crippen LogP contribution is -2.16. The van der Waals surface area contributed by atoms with Crippen LogP contribution in [0.15, 0.2) is 48.5 Å². The van der Waals surface area contributed by atoms with Crippen molar-refractivity contribution in [2.45, 2.75) is 39.3 Å². The van der Waals surface area contributed by atoms with Crippen LogP contribution in [0, 0.1) is 0 Å². The Bertz CT molecular complexity index is 608. The van der Waals surface area contributed by atoms with Gasteiger partial charge >= 0.3 is 0 Å². The average molecular weight is 398 g/mol. The highest BCUT2D eigenvalue weighted by molar-refractivity contribution is 6.32. The first kappa shape index (κ1) is 22.8. The van der Waals surface area contributed by atoms with Gasteiger partial charge in [0.15, 0.2) is 0 Å². The van der Waals surface area contributed by atoms with Gasteiger partial charge in [-0.1, -0.05) is 61.3 Å². The minimum Gasteiger partial charge on any atom is -0.487 e. The van der Waals surface area contributed by atoms with E-state index >= 15 is 0 Å². The number of halogens is 2. The SMILES string of the molecule is CCCCOCCCNCc1ccc(OCc2ccccc2)c(Cl)c1.Cl. The Balaban J connectivity index is 0.00000338. The summed E-state index contributed by atoms with van der Waals surface area (Å²) in [4.78, 5) is 0. The number of nitrogens with one attached hydrogen (secondary N) is 1. The average Bonchev–Trinajstić information content (AvgIpc) is 2.64. The van der Waals surface area contributed by atoms with Gasteiger partial charge in [0.05, 0.1) is 5.02 Å². The minimum absolute atomic E-state index is 0. The van der Waals surface area contributed by atoms with Gasteiger partial charge in [0.25, 0.3) is 0 Å². The lowest BCUT2D eigenvalue weighted by atomic mass is 10.2. The predicted octanol–water partition coefficient (Wildman–Crippen LogP) is 5.64. The first-order chi connectivity index (χ1) is 12.3. The molecule has 5 heteroatoms. The number of benzene rings is 2. The molecule has 0 saturated carbocycles. The van der Waals surface area contributed by atoms with E-state index in [-0.39, 0.29) is 12.4 Å². The molecule has 26 heavy (non-hydrogen) atoms. The summed E-state index contributed by atoms with van der Waals surface area (Å²) in [6.07, 6.45) is 3.35. The number of rotatable bonds is 12. The van der Waals surface area contributed by atoms with E-state index < -0.39 is 0 Å². The van der Waals surface area contributed by atoms with E-state index in [1.54, 1.807) is 0 Å². The molecular formula is C21H29Cl2NO2. The quantitative estimate of drug-likeness (QED) is 0.470. The van der Waals surface area contributed by atoms with E-state index in [1.807, 2.05) is 42.5 Å². The predicted molar refractivity (Wildman–Crippen MR) is 112 cm³/mol. The van der Waals surface area contributed by atoms with Crippen molar-refractivity contribution in [1.82, 2.24) is 5.32 Å². The normalized spacial score (nSPS) is 10.4. The highest BCUT2D eigenvalue weighted by Gasteiger charge is 2.04. The summed E-state index contributed by atoms with van der Waals surface area (Å²) in [5.41, 5.74) is 2.29. The first-order valence-corrected chi connectivity index (χ1v) is 9.41. The van der Waals surface area contributed by atoms with Gasteiger partial charge < -0.3 is 14.8 Å². The summed E-state index contributed by atoms with van der Waals surface area (Å²) in [7, 11) is 0. The highest BCUT2D eigenvalue weighted by atomic mass is 35.5. The maximum Gasteiger partial charge on any atom is 0.138 e. The third-order valence-electron chi connectivity index (χ3n) is 3.85. The Morgan fingerprint density at radius 2 is 1.73 bits per heavy atom. The molecule has 0 fully saturated rings. The molecule has 0 aliphatic carbocycles. The van der Waals surface area contributed by atoms with Crippen LogP contribution in [0.2, 0.25) is 5.02 Å². The summed E-state index contributed by atoms with van der Waals surface area (Å²) in [6.45, 7) is 6.13. The standard InChI is InChI=1S/C21H28ClNO2.ClH/c1-2-3-13-24-14-7-12-23-16-19-10-11-21(20(22)15-19)25-17-18-8-5-4-6-9-18;/h4-6,8-11,15,23H,2-3,7,12-14,16-17H2,1H3;1H. The maximum absolute atomic E-state index is 6.33. The van der Waals surface area contributed by atoms with E-state index in [0.29, 0.717) is 11.6 Å². The lowest BCUT2D eigenvalue weighted by molar-refractivity contribution is 0.129. The Labute approximate surface area is 168 Å². The summed E-state index contributed by atoms with van der Waals surface area (Å²) in [5, 5.41) is 4.07. The van der Waals surface area contributed by atoms with E-state index in [0.717, 1.165) is 56.0 Å². The number of unbranched alkanes of at least 4 members (excludes halogenated alkanes) is 1. The number of hydrogen-bond acceptors (Lipinski definition) is 3. The number of hydrogen-bond donors (Lipinski definition) is 1. The molecule has 0 spiro atoms. The van der Waals surface area contributed by atoms with Gasteiger partial charge in [0.1, 0.15) is 12.4 Å². The van der Waals surface area contributed by atoms with E-state index in [1.165, 1.54) is 6.42 Å². The fraction of sp³-hybridized carbons (Fsp3) is 0.429. The summed E-state index contributed by atoms with van der Waals surface area (Å²) < 4.78 is 11.3. The third-order valence-corrected chi connectivity index (χ3v) is 4.14. The van der Waals surface area contributed by atoms with E-state index in [4.69, 9.17) is 21.1 Å². The zero-order valence-electron chi connectivity index (χ0n) is 15.4. The maximum atomic E-state index is 6.33. The van der Waals surface area contributed by atoms with Gasteiger partial charge in [-0.2, -0.15) is 0 Å². The van der Waals surface area contributed by atoms with Gasteiger partial charge in [0, 0.05) is 19.8 Å². The zero-order chi connectivity index (χ0) is 17.7. The van der Waals surface area contributed by atoms with Crippen LogP contribution < -0.4 is 10.1 Å². The van der Waals surface area contributed by atoms with Gasteiger partial charge in [-0.05, 0) is 42.6 Å². The van der Waals surface area contributed by atoms with Crippen molar-refractivity contribution >= 4 is 24.0 Å². The molecule has 0 aromatic heterocycles. The van der Waals surface area contributed by atoms with Crippen LogP contribution in [0.5, 0.6) is 5.75 Å². The summed E-state index contributed by atoms with van der Waals surface area (Å²) in [5.74, 6) is 0.721. The monoisotopic (exact) mass is 397 g/mol. The highest BCUT2D eigenvalue weighted by Crippen LogP contribution is 2.26. The molecule has 0 amide bonds. The topological polar surface area (TPSA) is 30.5 Å². The van der Waals surface area contributed by atoms with Crippen molar-refractivity contribution in [2.24, 2.45) is 0 Å². The second-order valence-corrected chi connectivity index (χ2v) is 6.44. The van der Waals surface area contributed by atoms with Crippen molar-refractivity contribution in [3.63, 3.8) is 0 Å². The molecule has 2 aromatic rings. The van der Waals surface area contributed by atoms with E-state index in [2.05, 4.69) is 18.3 Å². The molecule has 0 atom stereocenters. The van der Waals surface area contributed by atoms with Crippen molar-refractivity contribution in [3.05, 3.63) is 64.7 Å². The Morgan fingerprint density at radius 1 is 0.962 bits per heavy atom. The van der Waals surface area contributed by atoms with E-state index in [9.17, 15) is 0 Å². The second-order valence-electron chi connectivity index (χ2n) is 6.04. The smallest absolute Gasteiger partial charge is 0.138 e. The van der Waals surface area contributed by atoms with Crippen LogP contribution in [0.4, 0.5) is 0 Å². The molecule has 0 aliphatic heterocycles. The van der Waals surface area contributed by atoms with Crippen molar-refractivity contribution < 1.29 is 9.47 Å². The molecule has 0 aliphatic rings. The van der Waals surface area contributed by atoms with Gasteiger partial charge in [-0.3, -0.25) is 0 Å². The fourth-order valence-electron chi connectivity index (χ4n) is 2.39. The van der Waals surface area contributed by atoms with Crippen LogP contribution in [0.25, 0.3) is 0 Å². The van der Waals surface area contributed by atoms with Gasteiger partial charge in [-0.15, -0.1) is 12.4 Å². The minimum atomic E-state index is 0. The summed E-state index contributed by atoms with van der Waals surface area (Å²) >= 11 is 6.33. The molecule has 0 saturated heterocycles. The molecule has 0 bridgehead atoms. The third kappa shape index (κ3) is 8.91. The molecule has 3 nitrogen and oxygen atoms in total. The first-order valence-electron chi connectivity index (χ1n) is 9.03. The van der Waals surface area contributed by atoms with Crippen molar-refractivity contribution in [2.75, 3.05) is 19.8 Å². The molecule has 2 rings (SSSR count). The lowest BCUT2D eigenvalue weighted by Gasteiger charge is -2.10. The molecular weight excluding hydrogens is 369 g/mol. The molecule has 0 heterocycles. The van der Waals surface area contributed by atoms with Crippen LogP contribution in [0.3, 0.4) is 0 Å². The second kappa shape index (κ2) is 13.9. The Morgan fingerprint density at radius 3 is 2.46 bits per heavy atom. The van der Waals surface area contributed by atoms with Crippen LogP contribution in [-0.2, 0) is 17.9 Å². The van der Waals surface area contributed by atoms with Crippen LogP contribution in [0.1, 0.15) is 37.3 Å². The Kier molecular flexibility index (Phi) is 12.2. The van der Waals surface area contributed by atoms with Crippen LogP contribution >= 0.6 is 24.0 Å². The van der Waals surface area contributed by atoms with Crippen molar-refractivity contribution in [3.8, 4) is 5.75 Å². The molecule has 1 N–H and O–H groups in total. The van der Waals surface area contributed by atoms with Gasteiger partial charge in [0.2, 0.25) is 0 Å². The molecule has 0 radical (unpaired) electrons. The molecule has 144 valence electrons. The zero-order valence-corrected chi connectivity index (χ0v) is 17.0. The molecule has 2 aromatic carbocycles. The molecule has 0 unspecified atom stereocenters. The van der Waals surface area contributed by atoms with Crippen molar-refractivity contribution in [1.29, 1.82) is 0 Å². The summed E-state index contributed by atoms with van der Waals surface area (Å²) in [6, 6.07) is 16.0. The fourth-order valence-corrected chi connectivity index (χ4v) is 2.64.